The fourth-order valence-corrected chi connectivity index (χ4v) is 2.56. The lowest BCUT2D eigenvalue weighted by atomic mass is 10.1. The standard InChI is InChI=1S/C17H19N3O/c1-11-6-4-5-7-14(11)9-20-10-16(18)17(19-20)15-8-12(2)21-13(15)3/h4-8,10H,9,18H2,1-3H3. The summed E-state index contributed by atoms with van der Waals surface area (Å²) in [4.78, 5) is 0. The van der Waals surface area contributed by atoms with E-state index in [1.165, 1.54) is 11.1 Å². The first-order chi connectivity index (χ1) is 10.0. The molecule has 0 aliphatic carbocycles. The Morgan fingerprint density at radius 2 is 1.95 bits per heavy atom. The molecule has 2 aromatic heterocycles. The molecule has 0 aliphatic heterocycles. The average molecular weight is 281 g/mol. The summed E-state index contributed by atoms with van der Waals surface area (Å²) in [6, 6.07) is 10.3. The van der Waals surface area contributed by atoms with Crippen molar-refractivity contribution in [2.45, 2.75) is 27.3 Å². The predicted octanol–water partition coefficient (Wildman–Crippen LogP) is 3.70. The minimum Gasteiger partial charge on any atom is -0.466 e. The quantitative estimate of drug-likeness (QED) is 0.796. The van der Waals surface area contributed by atoms with E-state index in [-0.39, 0.29) is 0 Å². The van der Waals surface area contributed by atoms with Crippen LogP contribution in [0.15, 0.2) is 40.9 Å². The molecule has 0 fully saturated rings. The Kier molecular flexibility index (Phi) is 3.29. The van der Waals surface area contributed by atoms with E-state index in [9.17, 15) is 0 Å². The number of hydrogen-bond donors (Lipinski definition) is 1. The van der Waals surface area contributed by atoms with Crippen molar-refractivity contribution in [1.29, 1.82) is 0 Å². The molecule has 4 heteroatoms. The van der Waals surface area contributed by atoms with Gasteiger partial charge in [-0.2, -0.15) is 5.10 Å². The third-order valence-electron chi connectivity index (χ3n) is 3.68. The van der Waals surface area contributed by atoms with Crippen LogP contribution in [0, 0.1) is 20.8 Å². The molecule has 0 saturated carbocycles. The van der Waals surface area contributed by atoms with E-state index < -0.39 is 0 Å². The largest absolute Gasteiger partial charge is 0.466 e. The van der Waals surface area contributed by atoms with Gasteiger partial charge in [0, 0.05) is 11.8 Å². The number of aryl methyl sites for hydroxylation is 3. The van der Waals surface area contributed by atoms with Crippen molar-refractivity contribution >= 4 is 5.69 Å². The molecule has 21 heavy (non-hydrogen) atoms. The topological polar surface area (TPSA) is 57.0 Å². The van der Waals surface area contributed by atoms with Gasteiger partial charge in [-0.15, -0.1) is 0 Å². The van der Waals surface area contributed by atoms with Crippen LogP contribution >= 0.6 is 0 Å². The maximum absolute atomic E-state index is 6.12. The van der Waals surface area contributed by atoms with Crippen LogP contribution in [0.25, 0.3) is 11.3 Å². The monoisotopic (exact) mass is 281 g/mol. The Morgan fingerprint density at radius 3 is 2.62 bits per heavy atom. The van der Waals surface area contributed by atoms with Gasteiger partial charge < -0.3 is 10.2 Å². The molecule has 2 N–H and O–H groups in total. The summed E-state index contributed by atoms with van der Waals surface area (Å²) in [5.74, 6) is 1.72. The highest BCUT2D eigenvalue weighted by molar-refractivity contribution is 5.73. The molecule has 0 bridgehead atoms. The Bertz CT molecular complexity index is 783. The Hall–Kier alpha value is -2.49. The minimum absolute atomic E-state index is 0.674. The van der Waals surface area contributed by atoms with E-state index in [0.717, 1.165) is 22.8 Å². The van der Waals surface area contributed by atoms with Crippen LogP contribution in [0.3, 0.4) is 0 Å². The summed E-state index contributed by atoms with van der Waals surface area (Å²) in [5.41, 5.74) is 11.0. The minimum atomic E-state index is 0.674. The fourth-order valence-electron chi connectivity index (χ4n) is 2.56. The normalized spacial score (nSPS) is 11.0. The molecular weight excluding hydrogens is 262 g/mol. The number of benzene rings is 1. The number of anilines is 1. The van der Waals surface area contributed by atoms with Crippen molar-refractivity contribution in [2.24, 2.45) is 0 Å². The molecule has 0 atom stereocenters. The number of nitrogen functional groups attached to an aromatic ring is 1. The van der Waals surface area contributed by atoms with Crippen LogP contribution in [0.4, 0.5) is 5.69 Å². The number of hydrogen-bond acceptors (Lipinski definition) is 3. The van der Waals surface area contributed by atoms with Crippen molar-refractivity contribution < 1.29 is 4.42 Å². The highest BCUT2D eigenvalue weighted by Gasteiger charge is 2.14. The zero-order valence-electron chi connectivity index (χ0n) is 12.6. The molecule has 0 spiro atoms. The molecule has 3 rings (SSSR count). The first-order valence-corrected chi connectivity index (χ1v) is 6.99. The number of aromatic nitrogens is 2. The SMILES string of the molecule is Cc1cc(-c2nn(Cc3ccccc3C)cc2N)c(C)o1. The molecule has 0 radical (unpaired) electrons. The molecule has 108 valence electrons. The number of furan rings is 1. The number of nitrogens with zero attached hydrogens (tertiary/aromatic N) is 2. The second-order valence-electron chi connectivity index (χ2n) is 5.38. The van der Waals surface area contributed by atoms with Gasteiger partial charge >= 0.3 is 0 Å². The number of rotatable bonds is 3. The van der Waals surface area contributed by atoms with Crippen LogP contribution in [0.1, 0.15) is 22.6 Å². The summed E-state index contributed by atoms with van der Waals surface area (Å²) >= 11 is 0. The van der Waals surface area contributed by atoms with Gasteiger partial charge in [0.25, 0.3) is 0 Å². The van der Waals surface area contributed by atoms with Gasteiger partial charge in [0.15, 0.2) is 0 Å². The molecule has 4 nitrogen and oxygen atoms in total. The summed E-state index contributed by atoms with van der Waals surface area (Å²) in [5, 5.41) is 4.62. The van der Waals surface area contributed by atoms with Crippen molar-refractivity contribution in [1.82, 2.24) is 9.78 Å². The maximum atomic E-state index is 6.12. The molecule has 0 unspecified atom stereocenters. The van der Waals surface area contributed by atoms with Gasteiger partial charge in [-0.05, 0) is 38.0 Å². The Labute approximate surface area is 124 Å². The van der Waals surface area contributed by atoms with Crippen LogP contribution in [0.5, 0.6) is 0 Å². The summed E-state index contributed by atoms with van der Waals surface area (Å²) < 4.78 is 7.45. The predicted molar refractivity (Wildman–Crippen MR) is 84.1 cm³/mol. The van der Waals surface area contributed by atoms with E-state index in [1.807, 2.05) is 42.9 Å². The van der Waals surface area contributed by atoms with E-state index in [0.29, 0.717) is 12.2 Å². The van der Waals surface area contributed by atoms with Crippen LogP contribution in [-0.2, 0) is 6.54 Å². The van der Waals surface area contributed by atoms with Crippen LogP contribution in [-0.4, -0.2) is 9.78 Å². The molecule has 3 aromatic rings. The molecule has 0 saturated heterocycles. The number of nitrogens with two attached hydrogens (primary N) is 1. The van der Waals surface area contributed by atoms with Crippen LogP contribution < -0.4 is 5.73 Å². The second kappa shape index (κ2) is 5.13. The Balaban J connectivity index is 1.95. The van der Waals surface area contributed by atoms with E-state index in [4.69, 9.17) is 10.2 Å². The smallest absolute Gasteiger partial charge is 0.119 e. The van der Waals surface area contributed by atoms with E-state index in [1.54, 1.807) is 0 Å². The van der Waals surface area contributed by atoms with Gasteiger partial charge in [0.1, 0.15) is 17.2 Å². The molecule has 0 aliphatic rings. The zero-order chi connectivity index (χ0) is 15.0. The lowest BCUT2D eigenvalue weighted by molar-refractivity contribution is 0.505. The lowest BCUT2D eigenvalue weighted by Gasteiger charge is -2.05. The molecule has 0 amide bonds. The third kappa shape index (κ3) is 2.57. The fraction of sp³-hybridized carbons (Fsp3) is 0.235. The van der Waals surface area contributed by atoms with E-state index >= 15 is 0 Å². The molecular formula is C17H19N3O. The highest BCUT2D eigenvalue weighted by Crippen LogP contribution is 2.29. The van der Waals surface area contributed by atoms with Crippen molar-refractivity contribution in [3.63, 3.8) is 0 Å². The summed E-state index contributed by atoms with van der Waals surface area (Å²) in [6.45, 7) is 6.68. The van der Waals surface area contributed by atoms with Gasteiger partial charge in [0.05, 0.1) is 12.2 Å². The second-order valence-corrected chi connectivity index (χ2v) is 5.38. The van der Waals surface area contributed by atoms with Crippen LogP contribution in [0.2, 0.25) is 0 Å². The van der Waals surface area contributed by atoms with E-state index in [2.05, 4.69) is 24.2 Å². The van der Waals surface area contributed by atoms with Gasteiger partial charge in [-0.3, -0.25) is 4.68 Å². The Morgan fingerprint density at radius 1 is 1.19 bits per heavy atom. The van der Waals surface area contributed by atoms with Gasteiger partial charge in [-0.1, -0.05) is 24.3 Å². The van der Waals surface area contributed by atoms with Gasteiger partial charge in [0.2, 0.25) is 0 Å². The maximum Gasteiger partial charge on any atom is 0.119 e. The lowest BCUT2D eigenvalue weighted by Crippen LogP contribution is -2.02. The van der Waals surface area contributed by atoms with Crippen molar-refractivity contribution in [2.75, 3.05) is 5.73 Å². The van der Waals surface area contributed by atoms with Gasteiger partial charge in [-0.25, -0.2) is 0 Å². The first-order valence-electron chi connectivity index (χ1n) is 6.99. The zero-order valence-corrected chi connectivity index (χ0v) is 12.6. The molecule has 1 aromatic carbocycles. The molecule has 2 heterocycles. The summed E-state index contributed by atoms with van der Waals surface area (Å²) in [6.07, 6.45) is 1.88. The van der Waals surface area contributed by atoms with Crippen molar-refractivity contribution in [3.8, 4) is 11.3 Å². The summed E-state index contributed by atoms with van der Waals surface area (Å²) in [7, 11) is 0. The third-order valence-corrected chi connectivity index (χ3v) is 3.68. The highest BCUT2D eigenvalue weighted by atomic mass is 16.3. The average Bonchev–Trinajstić information content (AvgIpc) is 2.95. The first kappa shape index (κ1) is 13.5. The van der Waals surface area contributed by atoms with Crippen molar-refractivity contribution in [3.05, 3.63) is 59.2 Å².